The number of aliphatic hydroxyl groups is 4. The maximum atomic E-state index is 12.8. The molecule has 0 amide bonds. The number of hydrogen-bond acceptors (Lipinski definition) is 9. The smallest absolute Gasteiger partial charge is 0.306 e. The van der Waals surface area contributed by atoms with Gasteiger partial charge >= 0.3 is 5.97 Å². The number of unbranched alkanes of at least 4 members (excludes halogenated alkanes) is 24. The van der Waals surface area contributed by atoms with Crippen LogP contribution in [0.5, 0.6) is 0 Å². The van der Waals surface area contributed by atoms with Crippen LogP contribution in [0.25, 0.3) is 0 Å². The van der Waals surface area contributed by atoms with Gasteiger partial charge in [0.15, 0.2) is 6.29 Å². The Kier molecular flexibility index (Phi) is 40.7. The average molecular weight is 863 g/mol. The largest absolute Gasteiger partial charge is 0.457 e. The summed E-state index contributed by atoms with van der Waals surface area (Å²) in [6.45, 7) is 4.40. The molecule has 356 valence electrons. The molecule has 1 rings (SSSR count). The van der Waals surface area contributed by atoms with Gasteiger partial charge in [0.1, 0.15) is 30.5 Å². The summed E-state index contributed by atoms with van der Waals surface area (Å²) in [7, 11) is 0. The molecule has 9 nitrogen and oxygen atoms in total. The van der Waals surface area contributed by atoms with Crippen molar-refractivity contribution in [2.24, 2.45) is 0 Å². The summed E-state index contributed by atoms with van der Waals surface area (Å²) < 4.78 is 22.8. The third-order valence-corrected chi connectivity index (χ3v) is 11.5. The summed E-state index contributed by atoms with van der Waals surface area (Å²) in [5.41, 5.74) is 0. The molecule has 0 aromatic rings. The standard InChI is InChI=1S/C52H94O9/c1-3-5-7-9-11-13-15-17-19-21-22-23-24-25-26-27-29-31-33-35-37-39-41-48(54)60-46(45-59-52-51(57)50(56)49(55)47(43-53)61-52)44-58-42-40-38-36-34-32-30-28-20-18-16-14-12-10-8-6-4-2/h6,8,12,14,18,20,30,32,46-47,49-53,55-57H,3-5,7,9-11,13,15-17,19,21-29,31,33-45H2,1-2H3/b8-6-,14-12-,20-18-,32-30-. The highest BCUT2D eigenvalue weighted by Crippen LogP contribution is 2.23. The highest BCUT2D eigenvalue weighted by molar-refractivity contribution is 5.69. The Labute approximate surface area is 373 Å². The van der Waals surface area contributed by atoms with Gasteiger partial charge in [-0.25, -0.2) is 0 Å². The Hall–Kier alpha value is -1.85. The van der Waals surface area contributed by atoms with Crippen LogP contribution in [-0.4, -0.2) is 89.6 Å². The fraction of sp³-hybridized carbons (Fsp3) is 0.827. The number of allylic oxidation sites excluding steroid dienone is 8. The fourth-order valence-corrected chi connectivity index (χ4v) is 7.60. The maximum absolute atomic E-state index is 12.8. The van der Waals surface area contributed by atoms with Gasteiger partial charge in [0, 0.05) is 13.0 Å². The molecule has 0 spiro atoms. The van der Waals surface area contributed by atoms with Crippen LogP contribution in [0.4, 0.5) is 0 Å². The number of esters is 1. The Balaban J connectivity index is 2.21. The van der Waals surface area contributed by atoms with Gasteiger partial charge < -0.3 is 39.4 Å². The van der Waals surface area contributed by atoms with E-state index in [2.05, 4.69) is 62.5 Å². The predicted molar refractivity (Wildman–Crippen MR) is 251 cm³/mol. The number of rotatable bonds is 43. The van der Waals surface area contributed by atoms with Crippen LogP contribution < -0.4 is 0 Å². The molecule has 1 aliphatic heterocycles. The normalized spacial score (nSPS) is 20.3. The first-order valence-electron chi connectivity index (χ1n) is 25.2. The number of carbonyl (C=O) groups excluding carboxylic acids is 1. The molecule has 1 saturated heterocycles. The molecule has 6 unspecified atom stereocenters. The summed E-state index contributed by atoms with van der Waals surface area (Å²) in [5.74, 6) is -0.322. The minimum atomic E-state index is -1.54. The molecular weight excluding hydrogens is 769 g/mol. The van der Waals surface area contributed by atoms with Gasteiger partial charge in [-0.05, 0) is 51.4 Å². The second kappa shape index (κ2) is 43.4. The van der Waals surface area contributed by atoms with Crippen molar-refractivity contribution in [3.63, 3.8) is 0 Å². The van der Waals surface area contributed by atoms with Crippen LogP contribution in [0.2, 0.25) is 0 Å². The van der Waals surface area contributed by atoms with Gasteiger partial charge in [0.25, 0.3) is 0 Å². The first kappa shape index (κ1) is 57.2. The van der Waals surface area contributed by atoms with E-state index in [1.807, 2.05) is 0 Å². The molecule has 9 heteroatoms. The molecule has 4 N–H and O–H groups in total. The van der Waals surface area contributed by atoms with Crippen LogP contribution >= 0.6 is 0 Å². The Morgan fingerprint density at radius 3 is 1.49 bits per heavy atom. The topological polar surface area (TPSA) is 135 Å². The van der Waals surface area contributed by atoms with E-state index >= 15 is 0 Å². The lowest BCUT2D eigenvalue weighted by molar-refractivity contribution is -0.305. The average Bonchev–Trinajstić information content (AvgIpc) is 3.26. The number of carbonyl (C=O) groups is 1. The Morgan fingerprint density at radius 2 is 1.00 bits per heavy atom. The summed E-state index contributed by atoms with van der Waals surface area (Å²) in [6, 6.07) is 0. The molecule has 1 fully saturated rings. The molecule has 1 heterocycles. The van der Waals surface area contributed by atoms with Crippen LogP contribution in [0, 0.1) is 0 Å². The van der Waals surface area contributed by atoms with E-state index in [-0.39, 0.29) is 19.2 Å². The van der Waals surface area contributed by atoms with Gasteiger partial charge in [-0.1, -0.05) is 204 Å². The van der Waals surface area contributed by atoms with Gasteiger partial charge in [-0.3, -0.25) is 4.79 Å². The van der Waals surface area contributed by atoms with Crippen LogP contribution in [-0.2, 0) is 23.7 Å². The first-order chi connectivity index (χ1) is 29.9. The predicted octanol–water partition coefficient (Wildman–Crippen LogP) is 12.1. The molecule has 0 saturated carbocycles. The fourth-order valence-electron chi connectivity index (χ4n) is 7.60. The first-order valence-corrected chi connectivity index (χ1v) is 25.2. The van der Waals surface area contributed by atoms with Crippen LogP contribution in [0.1, 0.15) is 213 Å². The monoisotopic (exact) mass is 863 g/mol. The highest BCUT2D eigenvalue weighted by atomic mass is 16.7. The SMILES string of the molecule is CC/C=C\C/C=C\C/C=C\C/C=C\CCCCCOCC(COC1OC(CO)C(O)C(O)C1O)OC(=O)CCCCCCCCCCCCCCCCCCCCCCCC. The maximum Gasteiger partial charge on any atom is 0.306 e. The lowest BCUT2D eigenvalue weighted by Gasteiger charge is -2.39. The molecule has 0 aromatic heterocycles. The summed E-state index contributed by atoms with van der Waals surface area (Å²) in [6.07, 6.45) is 47.2. The van der Waals surface area contributed by atoms with E-state index < -0.39 is 43.4 Å². The van der Waals surface area contributed by atoms with E-state index in [4.69, 9.17) is 18.9 Å². The summed E-state index contributed by atoms with van der Waals surface area (Å²) >= 11 is 0. The van der Waals surface area contributed by atoms with Crippen molar-refractivity contribution >= 4 is 5.97 Å². The van der Waals surface area contributed by atoms with Crippen molar-refractivity contribution in [2.75, 3.05) is 26.4 Å². The number of aliphatic hydroxyl groups excluding tert-OH is 4. The lowest BCUT2D eigenvalue weighted by atomic mass is 9.99. The van der Waals surface area contributed by atoms with Gasteiger partial charge in [-0.2, -0.15) is 0 Å². The lowest BCUT2D eigenvalue weighted by Crippen LogP contribution is -2.59. The van der Waals surface area contributed by atoms with E-state index in [9.17, 15) is 25.2 Å². The van der Waals surface area contributed by atoms with E-state index in [1.54, 1.807) is 0 Å². The van der Waals surface area contributed by atoms with E-state index in [1.165, 1.54) is 122 Å². The third kappa shape index (κ3) is 34.3. The van der Waals surface area contributed by atoms with Gasteiger partial charge in [-0.15, -0.1) is 0 Å². The summed E-state index contributed by atoms with van der Waals surface area (Å²) in [4.78, 5) is 12.8. The second-order valence-corrected chi connectivity index (χ2v) is 17.2. The van der Waals surface area contributed by atoms with Crippen LogP contribution in [0.15, 0.2) is 48.6 Å². The minimum Gasteiger partial charge on any atom is -0.457 e. The van der Waals surface area contributed by atoms with Crippen molar-refractivity contribution < 1.29 is 44.2 Å². The molecule has 0 aromatic carbocycles. The molecule has 0 radical (unpaired) electrons. The van der Waals surface area contributed by atoms with Gasteiger partial charge in [0.05, 0.1) is 19.8 Å². The van der Waals surface area contributed by atoms with Crippen molar-refractivity contribution in [3.05, 3.63) is 48.6 Å². The molecule has 61 heavy (non-hydrogen) atoms. The van der Waals surface area contributed by atoms with Crippen molar-refractivity contribution in [1.29, 1.82) is 0 Å². The van der Waals surface area contributed by atoms with Crippen molar-refractivity contribution in [2.45, 2.75) is 250 Å². The van der Waals surface area contributed by atoms with Crippen molar-refractivity contribution in [1.82, 2.24) is 0 Å². The molecule has 0 bridgehead atoms. The quantitative estimate of drug-likeness (QED) is 0.0268. The molecule has 0 aliphatic carbocycles. The zero-order valence-electron chi connectivity index (χ0n) is 39.2. The zero-order chi connectivity index (χ0) is 44.3. The zero-order valence-corrected chi connectivity index (χ0v) is 39.2. The molecule has 1 aliphatic rings. The summed E-state index contributed by atoms with van der Waals surface area (Å²) in [5, 5.41) is 40.2. The van der Waals surface area contributed by atoms with E-state index in [0.29, 0.717) is 13.0 Å². The Morgan fingerprint density at radius 1 is 0.541 bits per heavy atom. The minimum absolute atomic E-state index is 0.124. The Bertz CT molecular complexity index is 1070. The molecule has 6 atom stereocenters. The van der Waals surface area contributed by atoms with Gasteiger partial charge in [0.2, 0.25) is 0 Å². The number of hydrogen-bond donors (Lipinski definition) is 4. The van der Waals surface area contributed by atoms with E-state index in [0.717, 1.165) is 70.6 Å². The third-order valence-electron chi connectivity index (χ3n) is 11.5. The second-order valence-electron chi connectivity index (χ2n) is 17.2. The highest BCUT2D eigenvalue weighted by Gasteiger charge is 2.44. The van der Waals surface area contributed by atoms with Crippen molar-refractivity contribution in [3.8, 4) is 0 Å². The van der Waals surface area contributed by atoms with Crippen LogP contribution in [0.3, 0.4) is 0 Å². The number of ether oxygens (including phenoxy) is 4. The molecular formula is C52H94O9.